The van der Waals surface area contributed by atoms with Crippen LogP contribution in [0.3, 0.4) is 0 Å². The molecule has 0 saturated heterocycles. The third-order valence-electron chi connectivity index (χ3n) is 2.65. The van der Waals surface area contributed by atoms with Gasteiger partial charge in [0.25, 0.3) is 0 Å². The Morgan fingerprint density at radius 2 is 2.35 bits per heavy atom. The molecule has 0 fully saturated rings. The maximum Gasteiger partial charge on any atom is 0.446 e. The molecule has 2 heterocycles. The van der Waals surface area contributed by atoms with Gasteiger partial charge in [0.1, 0.15) is 5.82 Å². The summed E-state index contributed by atoms with van der Waals surface area (Å²) in [5, 5.41) is 12.6. The molecule has 3 rings (SSSR count). The summed E-state index contributed by atoms with van der Waals surface area (Å²) in [6, 6.07) is 1.70. The molecule has 0 aliphatic carbocycles. The van der Waals surface area contributed by atoms with E-state index in [1.165, 1.54) is 6.07 Å². The highest BCUT2D eigenvalue weighted by atomic mass is 79.9. The standard InChI is InChI=1S/C12H10BrFN6O3/c13-7-5-6(1-2-8(7)14)20-11(19-22-12(20)21)9-10(16-4-3-15)18-23-17-9/h1-2,5H,3-4,15H2,(H,16,18)/i2D,3D2,4D2. The van der Waals surface area contributed by atoms with E-state index in [0.29, 0.717) is 0 Å². The van der Waals surface area contributed by atoms with Gasteiger partial charge in [0.05, 0.1) is 14.3 Å². The van der Waals surface area contributed by atoms with Gasteiger partial charge in [-0.05, 0) is 44.4 Å². The maximum atomic E-state index is 13.7. The Hall–Kier alpha value is -2.53. The van der Waals surface area contributed by atoms with Gasteiger partial charge in [0.2, 0.25) is 11.6 Å². The van der Waals surface area contributed by atoms with E-state index in [4.69, 9.17) is 12.6 Å². The summed E-state index contributed by atoms with van der Waals surface area (Å²) in [4.78, 5) is 12.1. The van der Waals surface area contributed by atoms with Crippen molar-refractivity contribution in [1.82, 2.24) is 20.0 Å². The lowest BCUT2D eigenvalue weighted by Crippen LogP contribution is -2.16. The molecule has 120 valence electrons. The van der Waals surface area contributed by atoms with E-state index in [1.54, 1.807) is 0 Å². The Morgan fingerprint density at radius 3 is 3.09 bits per heavy atom. The van der Waals surface area contributed by atoms with Crippen LogP contribution in [0.25, 0.3) is 17.2 Å². The normalized spacial score (nSPS) is 15.3. The van der Waals surface area contributed by atoms with Crippen LogP contribution in [0.15, 0.2) is 36.6 Å². The van der Waals surface area contributed by atoms with Gasteiger partial charge >= 0.3 is 5.76 Å². The summed E-state index contributed by atoms with van der Waals surface area (Å²) in [5.41, 5.74) is 4.83. The molecule has 0 aliphatic heterocycles. The highest BCUT2D eigenvalue weighted by molar-refractivity contribution is 9.10. The Bertz CT molecular complexity index is 1070. The van der Waals surface area contributed by atoms with Crippen molar-refractivity contribution in [1.29, 1.82) is 0 Å². The zero-order valence-electron chi connectivity index (χ0n) is 16.0. The molecule has 0 unspecified atom stereocenters. The molecule has 3 aromatic rings. The molecular formula is C12H10BrFN6O3. The van der Waals surface area contributed by atoms with Gasteiger partial charge in [0, 0.05) is 15.7 Å². The molecule has 1 aromatic carbocycles. The summed E-state index contributed by atoms with van der Waals surface area (Å²) in [5.74, 6) is -2.61. The maximum absolute atomic E-state index is 13.7. The first kappa shape index (κ1) is 10.3. The predicted molar refractivity (Wildman–Crippen MR) is 80.6 cm³/mol. The minimum Gasteiger partial charge on any atom is -0.364 e. The van der Waals surface area contributed by atoms with Gasteiger partial charge in [-0.3, -0.25) is 4.52 Å². The third kappa shape index (κ3) is 2.87. The van der Waals surface area contributed by atoms with Gasteiger partial charge < -0.3 is 11.1 Å². The highest BCUT2D eigenvalue weighted by Gasteiger charge is 2.22. The van der Waals surface area contributed by atoms with Gasteiger partial charge in [-0.25, -0.2) is 18.4 Å². The predicted octanol–water partition coefficient (Wildman–Crippen LogP) is 1.15. The number of hydrogen-bond acceptors (Lipinski definition) is 8. The van der Waals surface area contributed by atoms with Crippen LogP contribution in [0.4, 0.5) is 10.2 Å². The van der Waals surface area contributed by atoms with E-state index in [9.17, 15) is 9.18 Å². The van der Waals surface area contributed by atoms with Crippen LogP contribution < -0.4 is 16.8 Å². The number of nitrogens with two attached hydrogens (primary N) is 1. The lowest BCUT2D eigenvalue weighted by Gasteiger charge is -2.05. The number of aromatic nitrogens is 4. The van der Waals surface area contributed by atoms with Crippen molar-refractivity contribution >= 4 is 21.7 Å². The fourth-order valence-electron chi connectivity index (χ4n) is 1.71. The Kier molecular flexibility index (Phi) is 2.82. The Labute approximate surface area is 143 Å². The average molecular weight is 390 g/mol. The zero-order chi connectivity index (χ0) is 20.9. The van der Waals surface area contributed by atoms with Crippen LogP contribution in [0.5, 0.6) is 0 Å². The van der Waals surface area contributed by atoms with Crippen LogP contribution in [-0.4, -0.2) is 33.0 Å². The van der Waals surface area contributed by atoms with E-state index in [-0.39, 0.29) is 21.7 Å². The fourth-order valence-corrected chi connectivity index (χ4v) is 2.06. The third-order valence-corrected chi connectivity index (χ3v) is 3.22. The second-order valence-corrected chi connectivity index (χ2v) is 4.84. The number of hydrogen-bond donors (Lipinski definition) is 2. The highest BCUT2D eigenvalue weighted by Crippen LogP contribution is 2.25. The summed E-state index contributed by atoms with van der Waals surface area (Å²) < 4.78 is 61.2. The van der Waals surface area contributed by atoms with Gasteiger partial charge in [-0.15, -0.1) is 0 Å². The van der Waals surface area contributed by atoms with E-state index in [0.717, 1.165) is 10.6 Å². The number of benzene rings is 1. The minimum absolute atomic E-state index is 0.00867. The van der Waals surface area contributed by atoms with Crippen molar-refractivity contribution in [3.63, 3.8) is 0 Å². The lowest BCUT2D eigenvalue weighted by atomic mass is 10.3. The van der Waals surface area contributed by atoms with Gasteiger partial charge in [-0.2, -0.15) is 0 Å². The molecule has 0 spiro atoms. The first-order valence-electron chi connectivity index (χ1n) is 8.37. The van der Waals surface area contributed by atoms with Crippen LogP contribution >= 0.6 is 15.9 Å². The zero-order valence-corrected chi connectivity index (χ0v) is 12.6. The van der Waals surface area contributed by atoms with Crippen LogP contribution in [-0.2, 0) is 0 Å². The van der Waals surface area contributed by atoms with E-state index >= 15 is 0 Å². The molecule has 11 heteroatoms. The fraction of sp³-hybridized carbons (Fsp3) is 0.167. The molecular weight excluding hydrogens is 375 g/mol. The van der Waals surface area contributed by atoms with Crippen molar-refractivity contribution in [3.05, 3.63) is 39.0 Å². The second kappa shape index (κ2) is 6.30. The molecule has 9 nitrogen and oxygen atoms in total. The number of rotatable bonds is 5. The lowest BCUT2D eigenvalue weighted by molar-refractivity contribution is 0.309. The number of nitrogens with zero attached hydrogens (tertiary/aromatic N) is 4. The Balaban J connectivity index is 2.12. The number of nitrogens with one attached hydrogen (secondary N) is 1. The number of halogens is 2. The summed E-state index contributed by atoms with van der Waals surface area (Å²) in [6.07, 6.45) is 0. The molecule has 0 radical (unpaired) electrons. The van der Waals surface area contributed by atoms with Crippen LogP contribution in [0.1, 0.15) is 6.85 Å². The quantitative estimate of drug-likeness (QED) is 0.665. The monoisotopic (exact) mass is 389 g/mol. The molecule has 0 atom stereocenters. The van der Waals surface area contributed by atoms with Gasteiger partial charge in [-0.1, -0.05) is 5.16 Å². The first-order chi connectivity index (χ1) is 12.9. The minimum atomic E-state index is -2.81. The summed E-state index contributed by atoms with van der Waals surface area (Å²) >= 11 is 2.93. The van der Waals surface area contributed by atoms with E-state index in [1.807, 2.05) is 0 Å². The summed E-state index contributed by atoms with van der Waals surface area (Å²) in [6.45, 7) is -5.61. The molecule has 3 N–H and O–H groups in total. The summed E-state index contributed by atoms with van der Waals surface area (Å²) in [7, 11) is 0. The molecule has 2 aromatic heterocycles. The van der Waals surface area contributed by atoms with Crippen molar-refractivity contribution in [2.45, 2.75) is 0 Å². The van der Waals surface area contributed by atoms with Crippen LogP contribution in [0, 0.1) is 5.82 Å². The topological polar surface area (TPSA) is 125 Å². The van der Waals surface area contributed by atoms with Crippen molar-refractivity contribution in [3.8, 4) is 17.2 Å². The smallest absolute Gasteiger partial charge is 0.364 e. The SMILES string of the molecule is [2H]c1cc(-n2c(-c3nonc3NC([2H])([2H])C([2H])([2H])N)noc2=O)cc(Br)c1F. The van der Waals surface area contributed by atoms with E-state index < -0.39 is 36.4 Å². The molecule has 0 bridgehead atoms. The molecule has 0 amide bonds. The first-order valence-corrected chi connectivity index (χ1v) is 6.66. The molecule has 23 heavy (non-hydrogen) atoms. The number of anilines is 1. The van der Waals surface area contributed by atoms with Gasteiger partial charge in [0.15, 0.2) is 5.69 Å². The van der Waals surface area contributed by atoms with Crippen molar-refractivity contribution in [2.75, 3.05) is 18.3 Å². The van der Waals surface area contributed by atoms with E-state index in [2.05, 4.69) is 45.9 Å². The average Bonchev–Trinajstić information content (AvgIpc) is 3.16. The molecule has 0 saturated carbocycles. The van der Waals surface area contributed by atoms with Crippen molar-refractivity contribution < 1.29 is 20.4 Å². The Morgan fingerprint density at radius 1 is 1.52 bits per heavy atom. The van der Waals surface area contributed by atoms with Crippen molar-refractivity contribution in [2.24, 2.45) is 5.73 Å². The second-order valence-electron chi connectivity index (χ2n) is 3.98. The van der Waals surface area contributed by atoms with Crippen LogP contribution in [0.2, 0.25) is 0 Å². The largest absolute Gasteiger partial charge is 0.446 e. The molecule has 0 aliphatic rings.